The summed E-state index contributed by atoms with van der Waals surface area (Å²) in [5.41, 5.74) is 1.10. The van der Waals surface area contributed by atoms with Crippen LogP contribution in [0.2, 0.25) is 0 Å². The minimum Gasteiger partial charge on any atom is -0.357 e. The average Bonchev–Trinajstić information content (AvgIpc) is 2.55. The van der Waals surface area contributed by atoms with E-state index in [0.717, 1.165) is 36.9 Å². The number of piperidine rings is 1. The van der Waals surface area contributed by atoms with E-state index < -0.39 is 0 Å². The standard InChI is InChI=1S/C18H25N3/c1-3-19-14(2)15-10-12-21(13-11-15)18-9-8-16-6-4-5-7-17(16)20-18/h4-9,14-15,19H,3,10-13H2,1-2H3. The maximum absolute atomic E-state index is 4.82. The summed E-state index contributed by atoms with van der Waals surface area (Å²) in [5.74, 6) is 1.92. The predicted octanol–water partition coefficient (Wildman–Crippen LogP) is 3.45. The van der Waals surface area contributed by atoms with Crippen molar-refractivity contribution in [3.8, 4) is 0 Å². The number of para-hydroxylation sites is 1. The Labute approximate surface area is 127 Å². The molecule has 1 fully saturated rings. The third-order valence-corrected chi connectivity index (χ3v) is 4.68. The van der Waals surface area contributed by atoms with E-state index >= 15 is 0 Å². The number of hydrogen-bond acceptors (Lipinski definition) is 3. The van der Waals surface area contributed by atoms with Crippen LogP contribution in [0.1, 0.15) is 26.7 Å². The Kier molecular flexibility index (Phi) is 4.39. The van der Waals surface area contributed by atoms with Crippen molar-refractivity contribution in [2.24, 2.45) is 5.92 Å². The molecule has 1 aliphatic rings. The smallest absolute Gasteiger partial charge is 0.129 e. The number of nitrogens with one attached hydrogen (secondary N) is 1. The maximum Gasteiger partial charge on any atom is 0.129 e. The lowest BCUT2D eigenvalue weighted by Crippen LogP contribution is -2.42. The first-order valence-electron chi connectivity index (χ1n) is 8.12. The Morgan fingerprint density at radius 3 is 2.71 bits per heavy atom. The van der Waals surface area contributed by atoms with Gasteiger partial charge < -0.3 is 10.2 Å². The number of benzene rings is 1. The number of nitrogens with zero attached hydrogens (tertiary/aromatic N) is 2. The molecule has 0 radical (unpaired) electrons. The van der Waals surface area contributed by atoms with Gasteiger partial charge in [-0.3, -0.25) is 0 Å². The highest BCUT2D eigenvalue weighted by Gasteiger charge is 2.24. The number of pyridine rings is 1. The van der Waals surface area contributed by atoms with Crippen LogP contribution in [0.25, 0.3) is 10.9 Å². The first-order chi connectivity index (χ1) is 10.3. The molecule has 2 heterocycles. The predicted molar refractivity (Wildman–Crippen MR) is 89.8 cm³/mol. The largest absolute Gasteiger partial charge is 0.357 e. The molecule has 0 aliphatic carbocycles. The molecule has 0 amide bonds. The maximum atomic E-state index is 4.82. The molecule has 1 aliphatic heterocycles. The Hall–Kier alpha value is -1.61. The van der Waals surface area contributed by atoms with Gasteiger partial charge in [0.15, 0.2) is 0 Å². The van der Waals surface area contributed by atoms with Gasteiger partial charge in [0.2, 0.25) is 0 Å². The topological polar surface area (TPSA) is 28.2 Å². The quantitative estimate of drug-likeness (QED) is 0.931. The SMILES string of the molecule is CCNC(C)C1CCN(c2ccc3ccccc3n2)CC1. The lowest BCUT2D eigenvalue weighted by atomic mass is 9.90. The van der Waals surface area contributed by atoms with Gasteiger partial charge in [0.1, 0.15) is 5.82 Å². The number of rotatable bonds is 4. The molecule has 1 atom stereocenters. The summed E-state index contributed by atoms with van der Waals surface area (Å²) in [7, 11) is 0. The van der Waals surface area contributed by atoms with E-state index in [1.807, 2.05) is 0 Å². The number of aromatic nitrogens is 1. The lowest BCUT2D eigenvalue weighted by molar-refractivity contribution is 0.314. The van der Waals surface area contributed by atoms with Gasteiger partial charge in [-0.25, -0.2) is 4.98 Å². The van der Waals surface area contributed by atoms with E-state index in [1.54, 1.807) is 0 Å². The van der Waals surface area contributed by atoms with Gasteiger partial charge in [0.05, 0.1) is 5.52 Å². The van der Waals surface area contributed by atoms with Crippen LogP contribution in [0, 0.1) is 5.92 Å². The van der Waals surface area contributed by atoms with Crippen molar-refractivity contribution in [1.29, 1.82) is 0 Å². The fraction of sp³-hybridized carbons (Fsp3) is 0.500. The summed E-state index contributed by atoms with van der Waals surface area (Å²) in [4.78, 5) is 7.25. The second kappa shape index (κ2) is 6.44. The third kappa shape index (κ3) is 3.18. The van der Waals surface area contributed by atoms with E-state index in [1.165, 1.54) is 18.2 Å². The average molecular weight is 283 g/mol. The van der Waals surface area contributed by atoms with Crippen molar-refractivity contribution >= 4 is 16.7 Å². The molecule has 1 aromatic carbocycles. The molecule has 0 saturated carbocycles. The summed E-state index contributed by atoms with van der Waals surface area (Å²) in [6.45, 7) is 7.80. The summed E-state index contributed by atoms with van der Waals surface area (Å²) in [6.07, 6.45) is 2.51. The molecule has 21 heavy (non-hydrogen) atoms. The summed E-state index contributed by atoms with van der Waals surface area (Å²) < 4.78 is 0. The molecule has 1 saturated heterocycles. The van der Waals surface area contributed by atoms with E-state index in [9.17, 15) is 0 Å². The Balaban J connectivity index is 1.68. The third-order valence-electron chi connectivity index (χ3n) is 4.68. The van der Waals surface area contributed by atoms with Crippen molar-refractivity contribution in [3.63, 3.8) is 0 Å². The van der Waals surface area contributed by atoms with Gasteiger partial charge in [-0.1, -0.05) is 25.1 Å². The van der Waals surface area contributed by atoms with E-state index in [0.29, 0.717) is 6.04 Å². The summed E-state index contributed by atoms with van der Waals surface area (Å²) >= 11 is 0. The van der Waals surface area contributed by atoms with Crippen LogP contribution < -0.4 is 10.2 Å². The molecule has 0 bridgehead atoms. The molecule has 1 unspecified atom stereocenters. The Morgan fingerprint density at radius 1 is 1.19 bits per heavy atom. The van der Waals surface area contributed by atoms with Gasteiger partial charge in [-0.15, -0.1) is 0 Å². The normalized spacial score (nSPS) is 18.1. The second-order valence-corrected chi connectivity index (χ2v) is 6.03. The fourth-order valence-corrected chi connectivity index (χ4v) is 3.35. The highest BCUT2D eigenvalue weighted by molar-refractivity contribution is 5.80. The minimum atomic E-state index is 0.627. The van der Waals surface area contributed by atoms with E-state index in [-0.39, 0.29) is 0 Å². The van der Waals surface area contributed by atoms with Gasteiger partial charge >= 0.3 is 0 Å². The zero-order valence-corrected chi connectivity index (χ0v) is 13.0. The van der Waals surface area contributed by atoms with Gasteiger partial charge in [0, 0.05) is 24.5 Å². The first-order valence-corrected chi connectivity index (χ1v) is 8.12. The molecular weight excluding hydrogens is 258 g/mol. The van der Waals surface area contributed by atoms with Crippen molar-refractivity contribution in [2.45, 2.75) is 32.7 Å². The van der Waals surface area contributed by atoms with Crippen molar-refractivity contribution < 1.29 is 0 Å². The fourth-order valence-electron chi connectivity index (χ4n) is 3.35. The van der Waals surface area contributed by atoms with Crippen LogP contribution >= 0.6 is 0 Å². The number of hydrogen-bond donors (Lipinski definition) is 1. The lowest BCUT2D eigenvalue weighted by Gasteiger charge is -2.35. The molecule has 0 spiro atoms. The molecular formula is C18H25N3. The van der Waals surface area contributed by atoms with Gasteiger partial charge in [-0.05, 0) is 50.4 Å². The zero-order chi connectivity index (χ0) is 14.7. The molecule has 112 valence electrons. The summed E-state index contributed by atoms with van der Waals surface area (Å²) in [6, 6.07) is 13.3. The van der Waals surface area contributed by atoms with E-state index in [2.05, 4.69) is 60.5 Å². The second-order valence-electron chi connectivity index (χ2n) is 6.03. The van der Waals surface area contributed by atoms with Crippen LogP contribution in [0.15, 0.2) is 36.4 Å². The monoisotopic (exact) mass is 283 g/mol. The van der Waals surface area contributed by atoms with Gasteiger partial charge in [0.25, 0.3) is 0 Å². The molecule has 3 heteroatoms. The Morgan fingerprint density at radius 2 is 1.95 bits per heavy atom. The van der Waals surface area contributed by atoms with Crippen LogP contribution in [-0.2, 0) is 0 Å². The summed E-state index contributed by atoms with van der Waals surface area (Å²) in [5, 5.41) is 4.78. The molecule has 3 rings (SSSR count). The zero-order valence-electron chi connectivity index (χ0n) is 13.0. The Bertz CT molecular complexity index is 588. The van der Waals surface area contributed by atoms with Crippen LogP contribution in [0.3, 0.4) is 0 Å². The highest BCUT2D eigenvalue weighted by atomic mass is 15.2. The minimum absolute atomic E-state index is 0.627. The highest BCUT2D eigenvalue weighted by Crippen LogP contribution is 2.25. The number of fused-ring (bicyclic) bond motifs is 1. The molecule has 1 N–H and O–H groups in total. The first kappa shape index (κ1) is 14.3. The van der Waals surface area contributed by atoms with Crippen molar-refractivity contribution in [2.75, 3.05) is 24.5 Å². The van der Waals surface area contributed by atoms with Gasteiger partial charge in [-0.2, -0.15) is 0 Å². The van der Waals surface area contributed by atoms with Crippen LogP contribution in [0.4, 0.5) is 5.82 Å². The number of anilines is 1. The molecule has 1 aromatic heterocycles. The molecule has 3 nitrogen and oxygen atoms in total. The van der Waals surface area contributed by atoms with Crippen molar-refractivity contribution in [1.82, 2.24) is 10.3 Å². The molecule has 2 aromatic rings. The van der Waals surface area contributed by atoms with Crippen LogP contribution in [0.5, 0.6) is 0 Å². The van der Waals surface area contributed by atoms with Crippen molar-refractivity contribution in [3.05, 3.63) is 36.4 Å². The van der Waals surface area contributed by atoms with Crippen LogP contribution in [-0.4, -0.2) is 30.7 Å². The van der Waals surface area contributed by atoms with E-state index in [4.69, 9.17) is 4.98 Å².